The van der Waals surface area contributed by atoms with Gasteiger partial charge in [-0.15, -0.1) is 0 Å². The first-order chi connectivity index (χ1) is 11.6. The molecule has 0 aromatic carbocycles. The molecule has 2 aliphatic rings. The molecule has 1 spiro atoms. The molecule has 5 heteroatoms. The molecule has 1 aliphatic heterocycles. The second-order valence-electron chi connectivity index (χ2n) is 7.17. The molecule has 0 bridgehead atoms. The zero-order chi connectivity index (χ0) is 17.2. The lowest BCUT2D eigenvalue weighted by molar-refractivity contribution is -0.137. The first kappa shape index (κ1) is 16.9. The first-order valence-electron chi connectivity index (χ1n) is 9.09. The van der Waals surface area contributed by atoms with Gasteiger partial charge in [-0.25, -0.2) is 0 Å². The predicted molar refractivity (Wildman–Crippen MR) is 92.4 cm³/mol. The van der Waals surface area contributed by atoms with Crippen molar-refractivity contribution in [2.75, 3.05) is 13.1 Å². The molecule has 24 heavy (non-hydrogen) atoms. The number of carbonyl (C=O) groups is 2. The van der Waals surface area contributed by atoms with Crippen LogP contribution in [0.5, 0.6) is 0 Å². The number of nitrogens with zero attached hydrogens (tertiary/aromatic N) is 2. The Bertz CT molecular complexity index is 590. The Morgan fingerprint density at radius 3 is 2.46 bits per heavy atom. The van der Waals surface area contributed by atoms with Crippen LogP contribution < -0.4 is 5.32 Å². The van der Waals surface area contributed by atoms with Crippen LogP contribution in [0.2, 0.25) is 0 Å². The van der Waals surface area contributed by atoms with E-state index in [-0.39, 0.29) is 23.3 Å². The number of amides is 2. The Morgan fingerprint density at radius 2 is 1.88 bits per heavy atom. The highest BCUT2D eigenvalue weighted by molar-refractivity contribution is 5.94. The van der Waals surface area contributed by atoms with Gasteiger partial charge in [-0.1, -0.05) is 13.8 Å². The van der Waals surface area contributed by atoms with E-state index in [0.717, 1.165) is 45.2 Å². The van der Waals surface area contributed by atoms with E-state index in [1.807, 2.05) is 4.90 Å². The second-order valence-corrected chi connectivity index (χ2v) is 7.17. The maximum atomic E-state index is 12.5. The van der Waals surface area contributed by atoms with E-state index in [1.165, 1.54) is 0 Å². The number of pyridine rings is 1. The molecule has 0 radical (unpaired) electrons. The topological polar surface area (TPSA) is 62.3 Å². The molecule has 1 aliphatic carbocycles. The third-order valence-corrected chi connectivity index (χ3v) is 5.84. The Labute approximate surface area is 143 Å². The van der Waals surface area contributed by atoms with Crippen molar-refractivity contribution in [1.82, 2.24) is 15.2 Å². The molecular weight excluding hydrogens is 302 g/mol. The minimum Gasteiger partial charge on any atom is -0.349 e. The van der Waals surface area contributed by atoms with Crippen LogP contribution in [0.3, 0.4) is 0 Å². The van der Waals surface area contributed by atoms with Crippen molar-refractivity contribution in [1.29, 1.82) is 0 Å². The smallest absolute Gasteiger partial charge is 0.251 e. The maximum absolute atomic E-state index is 12.5. The molecule has 1 aromatic rings. The molecule has 3 rings (SSSR count). The first-order valence-corrected chi connectivity index (χ1v) is 9.09. The van der Waals surface area contributed by atoms with Gasteiger partial charge in [0.25, 0.3) is 5.91 Å². The highest BCUT2D eigenvalue weighted by Gasteiger charge is 2.56. The SMILES string of the molecule is CCC(CC)C(=O)N1CCC2(CC1)CC2NC(=O)c1ccncc1. The Morgan fingerprint density at radius 1 is 1.25 bits per heavy atom. The molecule has 2 fully saturated rings. The van der Waals surface area contributed by atoms with Crippen molar-refractivity contribution in [2.45, 2.75) is 52.0 Å². The molecule has 1 saturated carbocycles. The Balaban J connectivity index is 1.51. The van der Waals surface area contributed by atoms with Gasteiger partial charge in [-0.2, -0.15) is 0 Å². The van der Waals surface area contributed by atoms with Crippen LogP contribution in [0.15, 0.2) is 24.5 Å². The third-order valence-electron chi connectivity index (χ3n) is 5.84. The number of rotatable bonds is 5. The number of piperidine rings is 1. The van der Waals surface area contributed by atoms with Gasteiger partial charge in [0.1, 0.15) is 0 Å². The average Bonchev–Trinajstić information content (AvgIpc) is 3.28. The fraction of sp³-hybridized carbons (Fsp3) is 0.632. The van der Waals surface area contributed by atoms with Crippen LogP contribution in [-0.2, 0) is 4.79 Å². The van der Waals surface area contributed by atoms with Gasteiger partial charge in [0.2, 0.25) is 5.91 Å². The van der Waals surface area contributed by atoms with Gasteiger partial charge in [0.05, 0.1) is 0 Å². The molecule has 2 heterocycles. The van der Waals surface area contributed by atoms with E-state index in [4.69, 9.17) is 0 Å². The van der Waals surface area contributed by atoms with Gasteiger partial charge in [-0.3, -0.25) is 14.6 Å². The van der Waals surface area contributed by atoms with E-state index in [1.54, 1.807) is 24.5 Å². The molecule has 1 unspecified atom stereocenters. The van der Waals surface area contributed by atoms with Crippen LogP contribution in [-0.4, -0.2) is 40.8 Å². The molecule has 130 valence electrons. The third kappa shape index (κ3) is 3.30. The molecular formula is C19H27N3O2. The van der Waals surface area contributed by atoms with Crippen LogP contribution in [0, 0.1) is 11.3 Å². The normalized spacial score (nSPS) is 21.8. The minimum atomic E-state index is -0.0187. The number of aromatic nitrogens is 1. The van der Waals surface area contributed by atoms with Gasteiger partial charge in [0, 0.05) is 43.0 Å². The van der Waals surface area contributed by atoms with Crippen molar-refractivity contribution in [3.63, 3.8) is 0 Å². The summed E-state index contributed by atoms with van der Waals surface area (Å²) < 4.78 is 0. The van der Waals surface area contributed by atoms with E-state index in [2.05, 4.69) is 24.1 Å². The number of hydrogen-bond acceptors (Lipinski definition) is 3. The lowest BCUT2D eigenvalue weighted by Gasteiger charge is -2.34. The summed E-state index contributed by atoms with van der Waals surface area (Å²) in [5, 5.41) is 3.15. The molecule has 1 N–H and O–H groups in total. The summed E-state index contributed by atoms with van der Waals surface area (Å²) >= 11 is 0. The largest absolute Gasteiger partial charge is 0.349 e. The Kier molecular flexibility index (Phi) is 4.88. The molecule has 1 aromatic heterocycles. The minimum absolute atomic E-state index is 0.0187. The van der Waals surface area contributed by atoms with E-state index >= 15 is 0 Å². The van der Waals surface area contributed by atoms with Crippen LogP contribution >= 0.6 is 0 Å². The van der Waals surface area contributed by atoms with Crippen molar-refractivity contribution >= 4 is 11.8 Å². The Hall–Kier alpha value is -1.91. The van der Waals surface area contributed by atoms with E-state index in [0.29, 0.717) is 11.5 Å². The van der Waals surface area contributed by atoms with Gasteiger partial charge >= 0.3 is 0 Å². The zero-order valence-corrected chi connectivity index (χ0v) is 14.6. The number of nitrogens with one attached hydrogen (secondary N) is 1. The molecule has 1 atom stereocenters. The molecule has 2 amide bonds. The van der Waals surface area contributed by atoms with Gasteiger partial charge in [0.15, 0.2) is 0 Å². The second kappa shape index (κ2) is 6.91. The lowest BCUT2D eigenvalue weighted by Crippen LogP contribution is -2.44. The average molecular weight is 329 g/mol. The molecule has 5 nitrogen and oxygen atoms in total. The highest BCUT2D eigenvalue weighted by atomic mass is 16.2. The zero-order valence-electron chi connectivity index (χ0n) is 14.6. The van der Waals surface area contributed by atoms with Crippen molar-refractivity contribution < 1.29 is 9.59 Å². The van der Waals surface area contributed by atoms with E-state index in [9.17, 15) is 9.59 Å². The van der Waals surface area contributed by atoms with Crippen LogP contribution in [0.4, 0.5) is 0 Å². The van der Waals surface area contributed by atoms with Crippen molar-refractivity contribution in [2.24, 2.45) is 11.3 Å². The van der Waals surface area contributed by atoms with Gasteiger partial charge in [-0.05, 0) is 49.7 Å². The maximum Gasteiger partial charge on any atom is 0.251 e. The van der Waals surface area contributed by atoms with Crippen LogP contribution in [0.1, 0.15) is 56.3 Å². The fourth-order valence-corrected chi connectivity index (χ4v) is 3.92. The number of carbonyl (C=O) groups excluding carboxylic acids is 2. The predicted octanol–water partition coefficient (Wildman–Crippen LogP) is 2.63. The summed E-state index contributed by atoms with van der Waals surface area (Å²) in [5.74, 6) is 0.461. The molecule has 1 saturated heterocycles. The standard InChI is InChI=1S/C19H27N3O2/c1-3-14(4-2)18(24)22-11-7-19(8-12-22)13-16(19)21-17(23)15-5-9-20-10-6-15/h5-6,9-10,14,16H,3-4,7-8,11-13H2,1-2H3,(H,21,23). The summed E-state index contributed by atoms with van der Waals surface area (Å²) in [7, 11) is 0. The monoisotopic (exact) mass is 329 g/mol. The van der Waals surface area contributed by atoms with Crippen molar-refractivity contribution in [3.8, 4) is 0 Å². The summed E-state index contributed by atoms with van der Waals surface area (Å²) in [4.78, 5) is 30.7. The summed E-state index contributed by atoms with van der Waals surface area (Å²) in [6, 6.07) is 3.73. The number of hydrogen-bond donors (Lipinski definition) is 1. The highest BCUT2D eigenvalue weighted by Crippen LogP contribution is 2.54. The van der Waals surface area contributed by atoms with Crippen LogP contribution in [0.25, 0.3) is 0 Å². The summed E-state index contributed by atoms with van der Waals surface area (Å²) in [6.45, 7) is 5.83. The summed E-state index contributed by atoms with van der Waals surface area (Å²) in [5.41, 5.74) is 0.876. The summed E-state index contributed by atoms with van der Waals surface area (Å²) in [6.07, 6.45) is 8.15. The number of likely N-dealkylation sites (tertiary alicyclic amines) is 1. The van der Waals surface area contributed by atoms with Gasteiger partial charge < -0.3 is 10.2 Å². The lowest BCUT2D eigenvalue weighted by atomic mass is 9.91. The van der Waals surface area contributed by atoms with Crippen molar-refractivity contribution in [3.05, 3.63) is 30.1 Å². The fourth-order valence-electron chi connectivity index (χ4n) is 3.92. The van der Waals surface area contributed by atoms with E-state index < -0.39 is 0 Å². The quantitative estimate of drug-likeness (QED) is 0.903.